The molecular weight excluding hydrogens is 200 g/mol. The van der Waals surface area contributed by atoms with Crippen LogP contribution in [-0.4, -0.2) is 30.8 Å². The number of nitrogens with zero attached hydrogens (tertiary/aromatic N) is 1. The molecule has 0 aromatic heterocycles. The van der Waals surface area contributed by atoms with Crippen LogP contribution in [0.3, 0.4) is 0 Å². The summed E-state index contributed by atoms with van der Waals surface area (Å²) < 4.78 is 0. The van der Waals surface area contributed by atoms with Crippen LogP contribution in [0, 0.1) is 6.92 Å². The molecule has 0 aliphatic rings. The molecule has 0 saturated carbocycles. The first-order valence-corrected chi connectivity index (χ1v) is 5.65. The Morgan fingerprint density at radius 3 is 2.56 bits per heavy atom. The van der Waals surface area contributed by atoms with Gasteiger partial charge in [-0.2, -0.15) is 0 Å². The van der Waals surface area contributed by atoms with E-state index >= 15 is 0 Å². The number of nitrogens with two attached hydrogens (primary N) is 1. The molecule has 3 N–H and O–H groups in total. The minimum absolute atomic E-state index is 0.300. The first-order valence-electron chi connectivity index (χ1n) is 5.65. The van der Waals surface area contributed by atoms with Crippen molar-refractivity contribution < 1.29 is 5.11 Å². The zero-order chi connectivity index (χ0) is 12.2. The fourth-order valence-electron chi connectivity index (χ4n) is 1.62. The number of hydrogen-bond donors (Lipinski definition) is 2. The van der Waals surface area contributed by atoms with Crippen molar-refractivity contribution in [3.63, 3.8) is 0 Å². The average Bonchev–Trinajstić information content (AvgIpc) is 2.27. The van der Waals surface area contributed by atoms with E-state index in [0.29, 0.717) is 13.0 Å². The molecule has 1 aromatic carbocycles. The van der Waals surface area contributed by atoms with E-state index in [9.17, 15) is 5.11 Å². The van der Waals surface area contributed by atoms with Gasteiger partial charge in [-0.25, -0.2) is 0 Å². The second-order valence-corrected chi connectivity index (χ2v) is 4.66. The van der Waals surface area contributed by atoms with E-state index in [1.54, 1.807) is 6.92 Å². The molecule has 1 atom stereocenters. The Morgan fingerprint density at radius 2 is 2.00 bits per heavy atom. The number of anilines is 1. The lowest BCUT2D eigenvalue weighted by Crippen LogP contribution is -2.37. The molecule has 0 aliphatic carbocycles. The fourth-order valence-corrected chi connectivity index (χ4v) is 1.62. The Labute approximate surface area is 97.9 Å². The first-order chi connectivity index (χ1) is 7.46. The van der Waals surface area contributed by atoms with Crippen LogP contribution in [0.25, 0.3) is 0 Å². The number of para-hydroxylation sites is 1. The summed E-state index contributed by atoms with van der Waals surface area (Å²) in [5.74, 6) is 0. The normalized spacial score (nSPS) is 14.6. The average molecular weight is 222 g/mol. The Bertz CT molecular complexity index is 336. The zero-order valence-electron chi connectivity index (χ0n) is 10.4. The highest BCUT2D eigenvalue weighted by molar-refractivity contribution is 5.52. The summed E-state index contributed by atoms with van der Waals surface area (Å²) in [7, 11) is 2.04. The van der Waals surface area contributed by atoms with Gasteiger partial charge in [-0.3, -0.25) is 0 Å². The SMILES string of the molecule is Cc1ccccc1N(C)CCC(C)(O)CN. The molecule has 0 aliphatic heterocycles. The summed E-state index contributed by atoms with van der Waals surface area (Å²) in [6, 6.07) is 8.24. The van der Waals surface area contributed by atoms with E-state index in [1.165, 1.54) is 11.3 Å². The van der Waals surface area contributed by atoms with E-state index < -0.39 is 5.60 Å². The molecule has 1 aromatic rings. The van der Waals surface area contributed by atoms with Crippen molar-refractivity contribution >= 4 is 5.69 Å². The largest absolute Gasteiger partial charge is 0.389 e. The van der Waals surface area contributed by atoms with Gasteiger partial charge in [0.25, 0.3) is 0 Å². The lowest BCUT2D eigenvalue weighted by atomic mass is 10.0. The van der Waals surface area contributed by atoms with Crippen LogP contribution in [0.2, 0.25) is 0 Å². The molecule has 90 valence electrons. The van der Waals surface area contributed by atoms with Crippen molar-refractivity contribution in [2.45, 2.75) is 25.9 Å². The molecule has 0 heterocycles. The highest BCUT2D eigenvalue weighted by atomic mass is 16.3. The minimum Gasteiger partial charge on any atom is -0.389 e. The molecule has 0 radical (unpaired) electrons. The summed E-state index contributed by atoms with van der Waals surface area (Å²) in [4.78, 5) is 2.15. The summed E-state index contributed by atoms with van der Waals surface area (Å²) in [6.45, 7) is 4.97. The van der Waals surface area contributed by atoms with Crippen molar-refractivity contribution in [1.29, 1.82) is 0 Å². The van der Waals surface area contributed by atoms with Gasteiger partial charge >= 0.3 is 0 Å². The van der Waals surface area contributed by atoms with E-state index in [4.69, 9.17) is 5.73 Å². The van der Waals surface area contributed by atoms with Crippen LogP contribution in [0.4, 0.5) is 5.69 Å². The molecule has 1 unspecified atom stereocenters. The van der Waals surface area contributed by atoms with E-state index in [2.05, 4.69) is 24.0 Å². The first kappa shape index (κ1) is 13.0. The number of aryl methyl sites for hydroxylation is 1. The van der Waals surface area contributed by atoms with Gasteiger partial charge in [0, 0.05) is 25.8 Å². The van der Waals surface area contributed by atoms with Crippen molar-refractivity contribution in [1.82, 2.24) is 0 Å². The molecule has 0 saturated heterocycles. The quantitative estimate of drug-likeness (QED) is 0.794. The monoisotopic (exact) mass is 222 g/mol. The molecule has 0 spiro atoms. The van der Waals surface area contributed by atoms with Crippen molar-refractivity contribution in [2.24, 2.45) is 5.73 Å². The predicted octanol–water partition coefficient (Wildman–Crippen LogP) is 1.53. The molecule has 3 nitrogen and oxygen atoms in total. The summed E-state index contributed by atoms with van der Waals surface area (Å²) >= 11 is 0. The second kappa shape index (κ2) is 5.32. The minimum atomic E-state index is -0.767. The smallest absolute Gasteiger partial charge is 0.0758 e. The maximum absolute atomic E-state index is 9.84. The molecule has 0 amide bonds. The standard InChI is InChI=1S/C13H22N2O/c1-11-6-4-5-7-12(11)15(3)9-8-13(2,16)10-14/h4-7,16H,8-10,14H2,1-3H3. The molecule has 0 fully saturated rings. The topological polar surface area (TPSA) is 49.5 Å². The van der Waals surface area contributed by atoms with Crippen LogP contribution >= 0.6 is 0 Å². The van der Waals surface area contributed by atoms with Gasteiger partial charge in [0.2, 0.25) is 0 Å². The Kier molecular flexibility index (Phi) is 4.33. The van der Waals surface area contributed by atoms with Gasteiger partial charge in [-0.05, 0) is 31.9 Å². The summed E-state index contributed by atoms with van der Waals surface area (Å²) in [5, 5.41) is 9.84. The Balaban J connectivity index is 2.60. The van der Waals surface area contributed by atoms with Crippen LogP contribution < -0.4 is 10.6 Å². The van der Waals surface area contributed by atoms with Gasteiger partial charge in [0.1, 0.15) is 0 Å². The summed E-state index contributed by atoms with van der Waals surface area (Å²) in [6.07, 6.45) is 0.675. The van der Waals surface area contributed by atoms with Crippen molar-refractivity contribution in [2.75, 3.05) is 25.0 Å². The van der Waals surface area contributed by atoms with Crippen LogP contribution in [-0.2, 0) is 0 Å². The van der Waals surface area contributed by atoms with Crippen LogP contribution in [0.5, 0.6) is 0 Å². The molecule has 1 rings (SSSR count). The van der Waals surface area contributed by atoms with Crippen LogP contribution in [0.1, 0.15) is 18.9 Å². The maximum atomic E-state index is 9.84. The molecule has 16 heavy (non-hydrogen) atoms. The van der Waals surface area contributed by atoms with E-state index in [-0.39, 0.29) is 0 Å². The Morgan fingerprint density at radius 1 is 1.38 bits per heavy atom. The third kappa shape index (κ3) is 3.51. The molecule has 3 heteroatoms. The number of aliphatic hydroxyl groups is 1. The molecular formula is C13H22N2O. The van der Waals surface area contributed by atoms with Gasteiger partial charge < -0.3 is 15.7 Å². The lowest BCUT2D eigenvalue weighted by Gasteiger charge is -2.27. The third-order valence-electron chi connectivity index (χ3n) is 2.95. The van der Waals surface area contributed by atoms with Gasteiger partial charge in [-0.1, -0.05) is 18.2 Å². The number of rotatable bonds is 5. The lowest BCUT2D eigenvalue weighted by molar-refractivity contribution is 0.0623. The summed E-state index contributed by atoms with van der Waals surface area (Å²) in [5.41, 5.74) is 7.18. The fraction of sp³-hybridized carbons (Fsp3) is 0.538. The second-order valence-electron chi connectivity index (χ2n) is 4.66. The maximum Gasteiger partial charge on any atom is 0.0758 e. The van der Waals surface area contributed by atoms with Crippen molar-refractivity contribution in [3.8, 4) is 0 Å². The highest BCUT2D eigenvalue weighted by Crippen LogP contribution is 2.19. The van der Waals surface area contributed by atoms with Crippen molar-refractivity contribution in [3.05, 3.63) is 29.8 Å². The highest BCUT2D eigenvalue weighted by Gasteiger charge is 2.18. The number of benzene rings is 1. The van der Waals surface area contributed by atoms with E-state index in [1.807, 2.05) is 19.2 Å². The van der Waals surface area contributed by atoms with Crippen LogP contribution in [0.15, 0.2) is 24.3 Å². The van der Waals surface area contributed by atoms with Gasteiger partial charge in [0.05, 0.1) is 5.60 Å². The third-order valence-corrected chi connectivity index (χ3v) is 2.95. The number of hydrogen-bond acceptors (Lipinski definition) is 3. The molecule has 0 bridgehead atoms. The van der Waals surface area contributed by atoms with Gasteiger partial charge in [0.15, 0.2) is 0 Å². The Hall–Kier alpha value is -1.06. The zero-order valence-corrected chi connectivity index (χ0v) is 10.4. The van der Waals surface area contributed by atoms with Gasteiger partial charge in [-0.15, -0.1) is 0 Å². The predicted molar refractivity (Wildman–Crippen MR) is 68.7 cm³/mol. The van der Waals surface area contributed by atoms with E-state index in [0.717, 1.165) is 6.54 Å².